The number of fused-ring (bicyclic) bond motifs is 7. The van der Waals surface area contributed by atoms with Crippen molar-refractivity contribution in [2.75, 3.05) is 0 Å². The maximum Gasteiger partial charge on any atom is 0.165 e. The molecule has 0 bridgehead atoms. The average Bonchev–Trinajstić information content (AvgIpc) is 3.43. The molecule has 10 rings (SSSR count). The molecule has 1 aliphatic carbocycles. The van der Waals surface area contributed by atoms with E-state index in [0.29, 0.717) is 17.5 Å². The van der Waals surface area contributed by atoms with Gasteiger partial charge in [0.1, 0.15) is 0 Å². The fourth-order valence-electron chi connectivity index (χ4n) is 8.28. The molecule has 0 saturated heterocycles. The van der Waals surface area contributed by atoms with Gasteiger partial charge in [-0.3, -0.25) is 0 Å². The van der Waals surface area contributed by atoms with Gasteiger partial charge >= 0.3 is 0 Å². The van der Waals surface area contributed by atoms with Crippen LogP contribution in [0, 0.1) is 0 Å². The molecule has 0 spiro atoms. The van der Waals surface area contributed by atoms with Crippen LogP contribution in [0.2, 0.25) is 0 Å². The van der Waals surface area contributed by atoms with E-state index in [-0.39, 0.29) is 5.41 Å². The minimum absolute atomic E-state index is 0.145. The molecule has 51 heavy (non-hydrogen) atoms. The monoisotopic (exact) mass is 651 g/mol. The van der Waals surface area contributed by atoms with Gasteiger partial charge in [-0.15, -0.1) is 0 Å². The summed E-state index contributed by atoms with van der Waals surface area (Å²) in [6.45, 7) is 4.63. The van der Waals surface area contributed by atoms with Crippen LogP contribution in [0.5, 0.6) is 0 Å². The van der Waals surface area contributed by atoms with Gasteiger partial charge in [-0.1, -0.05) is 172 Å². The number of hydrogen-bond donors (Lipinski definition) is 0. The van der Waals surface area contributed by atoms with Crippen LogP contribution in [0.25, 0.3) is 88.7 Å². The third kappa shape index (κ3) is 4.55. The van der Waals surface area contributed by atoms with Gasteiger partial charge in [-0.25, -0.2) is 15.0 Å². The zero-order chi connectivity index (χ0) is 34.1. The molecule has 1 heterocycles. The lowest BCUT2D eigenvalue weighted by Gasteiger charge is -2.21. The summed E-state index contributed by atoms with van der Waals surface area (Å²) < 4.78 is 0. The molecule has 9 aromatic rings. The Bertz CT molecular complexity index is 2830. The predicted molar refractivity (Wildman–Crippen MR) is 212 cm³/mol. The van der Waals surface area contributed by atoms with Gasteiger partial charge in [0.25, 0.3) is 0 Å². The highest BCUT2D eigenvalue weighted by molar-refractivity contribution is 6.19. The number of aromatic nitrogens is 3. The Hall–Kier alpha value is -6.45. The second-order valence-corrected chi connectivity index (χ2v) is 14.0. The molecule has 1 aromatic heterocycles. The van der Waals surface area contributed by atoms with Crippen molar-refractivity contribution in [2.24, 2.45) is 0 Å². The molecule has 3 heteroatoms. The topological polar surface area (TPSA) is 38.7 Å². The van der Waals surface area contributed by atoms with E-state index >= 15 is 0 Å². The zero-order valence-corrected chi connectivity index (χ0v) is 28.4. The summed E-state index contributed by atoms with van der Waals surface area (Å²) >= 11 is 0. The summed E-state index contributed by atoms with van der Waals surface area (Å²) in [5, 5.41) is 7.00. The number of rotatable bonds is 4. The molecule has 0 atom stereocenters. The van der Waals surface area contributed by atoms with E-state index in [2.05, 4.69) is 178 Å². The lowest BCUT2D eigenvalue weighted by molar-refractivity contribution is 0.660. The van der Waals surface area contributed by atoms with Gasteiger partial charge in [-0.05, 0) is 71.8 Å². The van der Waals surface area contributed by atoms with Crippen molar-refractivity contribution >= 4 is 32.3 Å². The van der Waals surface area contributed by atoms with Crippen molar-refractivity contribution < 1.29 is 0 Å². The van der Waals surface area contributed by atoms with Crippen LogP contribution in [0.1, 0.15) is 25.0 Å². The minimum atomic E-state index is -0.145. The van der Waals surface area contributed by atoms with Crippen LogP contribution in [0.15, 0.2) is 164 Å². The largest absolute Gasteiger partial charge is 0.208 e. The normalized spacial score (nSPS) is 13.1. The van der Waals surface area contributed by atoms with Gasteiger partial charge in [0, 0.05) is 22.1 Å². The third-order valence-electron chi connectivity index (χ3n) is 10.7. The molecule has 0 N–H and O–H groups in total. The Labute approximate surface area is 297 Å². The quantitative estimate of drug-likeness (QED) is 0.140. The Morgan fingerprint density at radius 2 is 0.941 bits per heavy atom. The Morgan fingerprint density at radius 1 is 0.353 bits per heavy atom. The van der Waals surface area contributed by atoms with Gasteiger partial charge in [0.15, 0.2) is 17.5 Å². The van der Waals surface area contributed by atoms with Crippen molar-refractivity contribution in [2.45, 2.75) is 19.3 Å². The van der Waals surface area contributed by atoms with Gasteiger partial charge < -0.3 is 0 Å². The Kier molecular flexibility index (Phi) is 6.53. The van der Waals surface area contributed by atoms with E-state index in [1.807, 2.05) is 0 Å². The maximum atomic E-state index is 5.46. The molecular formula is C48H33N3. The molecule has 0 unspecified atom stereocenters. The van der Waals surface area contributed by atoms with Crippen LogP contribution in [-0.2, 0) is 5.41 Å². The average molecular weight is 652 g/mol. The molecule has 0 fully saturated rings. The van der Waals surface area contributed by atoms with Gasteiger partial charge in [-0.2, -0.15) is 0 Å². The highest BCUT2D eigenvalue weighted by atomic mass is 15.0. The smallest absolute Gasteiger partial charge is 0.165 e. The van der Waals surface area contributed by atoms with Crippen LogP contribution >= 0.6 is 0 Å². The van der Waals surface area contributed by atoms with E-state index in [0.717, 1.165) is 44.0 Å². The summed E-state index contributed by atoms with van der Waals surface area (Å²) in [5.74, 6) is 1.99. The fraction of sp³-hybridized carbons (Fsp3) is 0.0625. The lowest BCUT2D eigenvalue weighted by atomic mass is 9.82. The van der Waals surface area contributed by atoms with Crippen LogP contribution in [0.4, 0.5) is 0 Å². The highest BCUT2D eigenvalue weighted by Gasteiger charge is 2.37. The van der Waals surface area contributed by atoms with Gasteiger partial charge in [0.05, 0.1) is 0 Å². The van der Waals surface area contributed by atoms with E-state index in [1.54, 1.807) is 0 Å². The van der Waals surface area contributed by atoms with Crippen molar-refractivity contribution in [1.29, 1.82) is 0 Å². The van der Waals surface area contributed by atoms with Crippen molar-refractivity contribution in [1.82, 2.24) is 15.0 Å². The van der Waals surface area contributed by atoms with E-state index in [9.17, 15) is 0 Å². The maximum absolute atomic E-state index is 5.46. The van der Waals surface area contributed by atoms with Crippen LogP contribution in [-0.4, -0.2) is 15.0 Å². The standard InChI is InChI=1S/C48H33N3/c1-48(2)41-25-13-12-23-38(41)43-39(24-14-26-42(43)48)46-49-45(37-22-11-10-19-33(37)30-15-4-3-5-16-30)50-47(51-46)44-35-21-9-7-18-32(35)29-40-34-20-8-6-17-31(34)27-28-36(40)44/h3-29H,1-2H3. The summed E-state index contributed by atoms with van der Waals surface area (Å²) in [5.41, 5.74) is 10.1. The highest BCUT2D eigenvalue weighted by Crippen LogP contribution is 2.52. The first kappa shape index (κ1) is 29.5. The molecular weight excluding hydrogens is 619 g/mol. The van der Waals surface area contributed by atoms with E-state index in [1.165, 1.54) is 38.4 Å². The SMILES string of the molecule is CC1(C)c2ccccc2-c2c(-c3nc(-c4ccccc4-c4ccccc4)nc(-c4c5ccccc5cc5c4ccc4ccccc45)n3)cccc21. The van der Waals surface area contributed by atoms with Crippen molar-refractivity contribution in [3.63, 3.8) is 0 Å². The predicted octanol–water partition coefficient (Wildman–Crippen LogP) is 12.3. The Morgan fingerprint density at radius 3 is 1.76 bits per heavy atom. The second kappa shape index (κ2) is 11.3. The van der Waals surface area contributed by atoms with Crippen LogP contribution < -0.4 is 0 Å². The molecule has 240 valence electrons. The summed E-state index contributed by atoms with van der Waals surface area (Å²) in [6.07, 6.45) is 0. The van der Waals surface area contributed by atoms with Gasteiger partial charge in [0.2, 0.25) is 0 Å². The van der Waals surface area contributed by atoms with Crippen LogP contribution in [0.3, 0.4) is 0 Å². The molecule has 1 aliphatic rings. The summed E-state index contributed by atoms with van der Waals surface area (Å²) in [4.78, 5) is 16.2. The summed E-state index contributed by atoms with van der Waals surface area (Å²) in [6, 6.07) is 58.3. The molecule has 0 radical (unpaired) electrons. The molecule has 0 amide bonds. The number of benzene rings is 8. The van der Waals surface area contributed by atoms with E-state index in [4.69, 9.17) is 15.0 Å². The first-order valence-corrected chi connectivity index (χ1v) is 17.5. The number of hydrogen-bond acceptors (Lipinski definition) is 3. The fourth-order valence-corrected chi connectivity index (χ4v) is 8.28. The van der Waals surface area contributed by atoms with E-state index < -0.39 is 0 Å². The lowest BCUT2D eigenvalue weighted by Crippen LogP contribution is -2.14. The first-order chi connectivity index (χ1) is 25.1. The zero-order valence-electron chi connectivity index (χ0n) is 28.4. The first-order valence-electron chi connectivity index (χ1n) is 17.5. The third-order valence-corrected chi connectivity index (χ3v) is 10.7. The second-order valence-electron chi connectivity index (χ2n) is 14.0. The molecule has 3 nitrogen and oxygen atoms in total. The number of nitrogens with zero attached hydrogens (tertiary/aromatic N) is 3. The summed E-state index contributed by atoms with van der Waals surface area (Å²) in [7, 11) is 0. The molecule has 0 aliphatic heterocycles. The van der Waals surface area contributed by atoms with Crippen molar-refractivity contribution in [3.8, 4) is 56.4 Å². The van der Waals surface area contributed by atoms with Crippen molar-refractivity contribution in [3.05, 3.63) is 175 Å². The molecule has 8 aromatic carbocycles. The Balaban J connectivity index is 1.33. The minimum Gasteiger partial charge on any atom is -0.208 e. The molecule has 0 saturated carbocycles.